The van der Waals surface area contributed by atoms with Gasteiger partial charge >= 0.3 is 0 Å². The molecule has 82 valence electrons. The van der Waals surface area contributed by atoms with Crippen molar-refractivity contribution in [3.05, 3.63) is 16.8 Å². The molecule has 15 heavy (non-hydrogen) atoms. The Morgan fingerprint density at radius 2 is 2.40 bits per heavy atom. The van der Waals surface area contributed by atoms with Crippen LogP contribution in [0.2, 0.25) is 0 Å². The number of nitrogens with one attached hydrogen (secondary N) is 1. The van der Waals surface area contributed by atoms with E-state index in [9.17, 15) is 4.79 Å². The maximum atomic E-state index is 12.0. The number of amides is 1. The van der Waals surface area contributed by atoms with E-state index in [2.05, 4.69) is 19.2 Å². The van der Waals surface area contributed by atoms with Crippen LogP contribution in [0.3, 0.4) is 0 Å². The molecule has 3 nitrogen and oxygen atoms in total. The molecule has 0 spiro atoms. The van der Waals surface area contributed by atoms with Gasteiger partial charge in [0, 0.05) is 18.0 Å². The first-order chi connectivity index (χ1) is 7.18. The van der Waals surface area contributed by atoms with Gasteiger partial charge in [0.2, 0.25) is 5.91 Å². The molecule has 0 radical (unpaired) electrons. The van der Waals surface area contributed by atoms with Crippen molar-refractivity contribution in [1.82, 2.24) is 5.32 Å². The first-order valence-electron chi connectivity index (χ1n) is 5.28. The van der Waals surface area contributed by atoms with Crippen LogP contribution in [-0.2, 0) is 4.79 Å². The lowest BCUT2D eigenvalue weighted by molar-refractivity contribution is -0.118. The Morgan fingerprint density at radius 1 is 1.60 bits per heavy atom. The maximum absolute atomic E-state index is 12.0. The molecule has 1 aliphatic rings. The molecule has 1 aliphatic heterocycles. The predicted molar refractivity (Wildman–Crippen MR) is 63.3 cm³/mol. The lowest BCUT2D eigenvalue weighted by Crippen LogP contribution is -2.41. The van der Waals surface area contributed by atoms with Crippen LogP contribution in [-0.4, -0.2) is 24.5 Å². The first kappa shape index (κ1) is 10.6. The molecule has 2 rings (SSSR count). The zero-order chi connectivity index (χ0) is 10.8. The van der Waals surface area contributed by atoms with E-state index in [1.54, 1.807) is 11.3 Å². The van der Waals surface area contributed by atoms with Crippen LogP contribution in [0, 0.1) is 0 Å². The summed E-state index contributed by atoms with van der Waals surface area (Å²) >= 11 is 1.63. The second-order valence-electron chi connectivity index (χ2n) is 4.13. The second kappa shape index (κ2) is 4.33. The monoisotopic (exact) mass is 224 g/mol. The highest BCUT2D eigenvalue weighted by molar-refractivity contribution is 7.08. The topological polar surface area (TPSA) is 32.3 Å². The van der Waals surface area contributed by atoms with Crippen molar-refractivity contribution in [2.24, 2.45) is 0 Å². The number of nitrogens with zero attached hydrogens (tertiary/aromatic N) is 1. The summed E-state index contributed by atoms with van der Waals surface area (Å²) in [5, 5.41) is 7.32. The van der Waals surface area contributed by atoms with Gasteiger partial charge in [-0.15, -0.1) is 0 Å². The Bertz CT molecular complexity index is 334. The van der Waals surface area contributed by atoms with Crippen molar-refractivity contribution < 1.29 is 4.79 Å². The molecular formula is C11H16N2OS. The second-order valence-corrected chi connectivity index (χ2v) is 4.91. The van der Waals surface area contributed by atoms with Crippen molar-refractivity contribution >= 4 is 22.9 Å². The molecule has 1 aromatic heterocycles. The van der Waals surface area contributed by atoms with Crippen LogP contribution < -0.4 is 10.2 Å². The summed E-state index contributed by atoms with van der Waals surface area (Å²) in [6.45, 7) is 4.97. The van der Waals surface area contributed by atoms with Gasteiger partial charge < -0.3 is 10.2 Å². The van der Waals surface area contributed by atoms with Gasteiger partial charge in [0.05, 0.1) is 11.7 Å². The van der Waals surface area contributed by atoms with E-state index in [4.69, 9.17) is 0 Å². The Morgan fingerprint density at radius 3 is 3.00 bits per heavy atom. The first-order valence-corrected chi connectivity index (χ1v) is 6.22. The van der Waals surface area contributed by atoms with E-state index < -0.39 is 0 Å². The number of hydrogen-bond donors (Lipinski definition) is 1. The summed E-state index contributed by atoms with van der Waals surface area (Å²) in [5.74, 6) is 0.210. The highest BCUT2D eigenvalue weighted by Gasteiger charge is 2.32. The number of anilines is 1. The highest BCUT2D eigenvalue weighted by Crippen LogP contribution is 2.23. The van der Waals surface area contributed by atoms with Crippen molar-refractivity contribution in [2.45, 2.75) is 32.4 Å². The zero-order valence-electron chi connectivity index (χ0n) is 9.06. The predicted octanol–water partition coefficient (Wildman–Crippen LogP) is 1.85. The molecule has 1 saturated heterocycles. The fourth-order valence-electron chi connectivity index (χ4n) is 1.90. The Labute approximate surface area is 94.1 Å². The molecule has 4 heteroatoms. The van der Waals surface area contributed by atoms with Crippen molar-refractivity contribution in [3.63, 3.8) is 0 Å². The standard InChI is InChI=1S/C11H16N2OS/c1-8(2)12-10-3-5-13(11(10)14)9-4-6-15-7-9/h4,6-8,10,12H,3,5H2,1-2H3. The Hall–Kier alpha value is -0.870. The number of carbonyl (C=O) groups excluding carboxylic acids is 1. The van der Waals surface area contributed by atoms with Crippen LogP contribution >= 0.6 is 11.3 Å². The molecule has 2 heterocycles. The molecule has 1 unspecified atom stereocenters. The number of carbonyl (C=O) groups is 1. The van der Waals surface area contributed by atoms with Crippen LogP contribution in [0.4, 0.5) is 5.69 Å². The minimum Gasteiger partial charge on any atom is -0.310 e. The summed E-state index contributed by atoms with van der Waals surface area (Å²) in [6.07, 6.45) is 0.910. The number of thiophene rings is 1. The molecular weight excluding hydrogens is 208 g/mol. The van der Waals surface area contributed by atoms with Crippen molar-refractivity contribution in [2.75, 3.05) is 11.4 Å². The third-order valence-electron chi connectivity index (χ3n) is 2.56. The maximum Gasteiger partial charge on any atom is 0.244 e. The van der Waals surface area contributed by atoms with E-state index in [1.165, 1.54) is 0 Å². The SMILES string of the molecule is CC(C)NC1CCN(c2ccsc2)C1=O. The van der Waals surface area contributed by atoms with Gasteiger partial charge in [-0.05, 0) is 17.9 Å². The minimum atomic E-state index is 0.00454. The third-order valence-corrected chi connectivity index (χ3v) is 3.23. The average Bonchev–Trinajstić information content (AvgIpc) is 2.76. The number of hydrogen-bond acceptors (Lipinski definition) is 3. The molecule has 0 aromatic carbocycles. The summed E-state index contributed by atoms with van der Waals surface area (Å²) in [5.41, 5.74) is 1.04. The molecule has 0 saturated carbocycles. The van der Waals surface area contributed by atoms with E-state index in [0.717, 1.165) is 18.7 Å². The molecule has 1 amide bonds. The van der Waals surface area contributed by atoms with E-state index in [-0.39, 0.29) is 11.9 Å². The van der Waals surface area contributed by atoms with E-state index in [0.29, 0.717) is 6.04 Å². The summed E-state index contributed by atoms with van der Waals surface area (Å²) in [6, 6.07) is 2.37. The molecule has 1 aromatic rings. The van der Waals surface area contributed by atoms with Gasteiger partial charge in [-0.2, -0.15) is 11.3 Å². The summed E-state index contributed by atoms with van der Waals surface area (Å²) < 4.78 is 0. The van der Waals surface area contributed by atoms with Crippen LogP contribution in [0.15, 0.2) is 16.8 Å². The van der Waals surface area contributed by atoms with Gasteiger partial charge in [0.15, 0.2) is 0 Å². The molecule has 0 bridgehead atoms. The minimum absolute atomic E-state index is 0.00454. The zero-order valence-corrected chi connectivity index (χ0v) is 9.88. The van der Waals surface area contributed by atoms with Crippen LogP contribution in [0.25, 0.3) is 0 Å². The molecule has 1 fully saturated rings. The van der Waals surface area contributed by atoms with Crippen molar-refractivity contribution in [1.29, 1.82) is 0 Å². The van der Waals surface area contributed by atoms with Gasteiger partial charge in [-0.1, -0.05) is 13.8 Å². The largest absolute Gasteiger partial charge is 0.310 e. The smallest absolute Gasteiger partial charge is 0.244 e. The van der Waals surface area contributed by atoms with E-state index >= 15 is 0 Å². The molecule has 1 N–H and O–H groups in total. The third kappa shape index (κ3) is 2.21. The fraction of sp³-hybridized carbons (Fsp3) is 0.545. The van der Waals surface area contributed by atoms with Gasteiger partial charge in [0.1, 0.15) is 0 Å². The normalized spacial score (nSPS) is 21.7. The number of rotatable bonds is 3. The summed E-state index contributed by atoms with van der Waals surface area (Å²) in [4.78, 5) is 13.9. The molecule has 0 aliphatic carbocycles. The average molecular weight is 224 g/mol. The van der Waals surface area contributed by atoms with Gasteiger partial charge in [-0.25, -0.2) is 0 Å². The molecule has 1 atom stereocenters. The van der Waals surface area contributed by atoms with Crippen LogP contribution in [0.5, 0.6) is 0 Å². The van der Waals surface area contributed by atoms with Crippen LogP contribution in [0.1, 0.15) is 20.3 Å². The van der Waals surface area contributed by atoms with Crippen molar-refractivity contribution in [3.8, 4) is 0 Å². The van der Waals surface area contributed by atoms with Gasteiger partial charge in [0.25, 0.3) is 0 Å². The van der Waals surface area contributed by atoms with Gasteiger partial charge in [-0.3, -0.25) is 4.79 Å². The highest BCUT2D eigenvalue weighted by atomic mass is 32.1. The Kier molecular flexibility index (Phi) is 3.07. The fourth-order valence-corrected chi connectivity index (χ4v) is 2.55. The summed E-state index contributed by atoms with van der Waals surface area (Å²) in [7, 11) is 0. The quantitative estimate of drug-likeness (QED) is 0.850. The lowest BCUT2D eigenvalue weighted by Gasteiger charge is -2.17. The lowest BCUT2D eigenvalue weighted by atomic mass is 10.2. The Balaban J connectivity index is 2.04. The van der Waals surface area contributed by atoms with E-state index in [1.807, 2.05) is 21.7 Å².